The average molecular weight is 341 g/mol. The molecule has 1 saturated carbocycles. The van der Waals surface area contributed by atoms with Gasteiger partial charge in [-0.3, -0.25) is 4.68 Å². The molecule has 25 heavy (non-hydrogen) atoms. The van der Waals surface area contributed by atoms with Gasteiger partial charge in [-0.15, -0.1) is 0 Å². The van der Waals surface area contributed by atoms with Crippen LogP contribution in [0.25, 0.3) is 11.5 Å². The van der Waals surface area contributed by atoms with Gasteiger partial charge in [-0.05, 0) is 38.3 Å². The van der Waals surface area contributed by atoms with E-state index in [4.69, 9.17) is 9.84 Å². The number of hydrogen-bond donors (Lipinski definition) is 1. The zero-order valence-electron chi connectivity index (χ0n) is 14.8. The summed E-state index contributed by atoms with van der Waals surface area (Å²) in [6.07, 6.45) is 12.7. The van der Waals surface area contributed by atoms with Gasteiger partial charge in [-0.25, -0.2) is 4.98 Å². The van der Waals surface area contributed by atoms with Gasteiger partial charge in [0.15, 0.2) is 5.82 Å². The zero-order valence-corrected chi connectivity index (χ0v) is 14.8. The Kier molecular flexibility index (Phi) is 3.90. The van der Waals surface area contributed by atoms with Crippen LogP contribution in [0.1, 0.15) is 56.7 Å². The summed E-state index contributed by atoms with van der Waals surface area (Å²) in [5.41, 5.74) is 2.38. The Labute approximate surface area is 148 Å². The van der Waals surface area contributed by atoms with Gasteiger partial charge in [-0.1, -0.05) is 19.3 Å². The van der Waals surface area contributed by atoms with Crippen LogP contribution in [0, 0.1) is 0 Å². The Balaban J connectivity index is 1.41. The third-order valence-corrected chi connectivity index (χ3v) is 6.14. The Hall–Kier alpha value is -1.66. The lowest BCUT2D eigenvalue weighted by atomic mass is 9.82. The topological polar surface area (TPSA) is 56.9 Å². The molecule has 2 aromatic rings. The van der Waals surface area contributed by atoms with Crippen molar-refractivity contribution >= 4 is 0 Å². The van der Waals surface area contributed by atoms with E-state index in [1.807, 2.05) is 6.20 Å². The molecule has 0 aromatic carbocycles. The molecule has 6 nitrogen and oxygen atoms in total. The Morgan fingerprint density at radius 1 is 1.20 bits per heavy atom. The van der Waals surface area contributed by atoms with E-state index in [0.29, 0.717) is 6.04 Å². The molecule has 0 radical (unpaired) electrons. The molecule has 2 aliphatic heterocycles. The Morgan fingerprint density at radius 2 is 2.12 bits per heavy atom. The van der Waals surface area contributed by atoms with Gasteiger partial charge < -0.3 is 14.6 Å². The monoisotopic (exact) mass is 341 g/mol. The number of nitrogens with one attached hydrogen (secondary N) is 1. The second-order valence-electron chi connectivity index (χ2n) is 7.85. The second-order valence-corrected chi connectivity index (χ2v) is 7.85. The summed E-state index contributed by atoms with van der Waals surface area (Å²) < 4.78 is 10.8. The van der Waals surface area contributed by atoms with Crippen molar-refractivity contribution in [3.8, 4) is 11.5 Å². The molecule has 1 atom stereocenters. The number of fused-ring (bicyclic) bond motifs is 1. The quantitative estimate of drug-likeness (QED) is 0.912. The molecular weight excluding hydrogens is 314 g/mol. The van der Waals surface area contributed by atoms with Crippen LogP contribution in [0.4, 0.5) is 0 Å². The molecule has 0 amide bonds. The zero-order chi connectivity index (χ0) is 16.7. The number of rotatable bonds is 2. The maximum atomic E-state index is 6.32. The van der Waals surface area contributed by atoms with Gasteiger partial charge in [-0.2, -0.15) is 5.10 Å². The van der Waals surface area contributed by atoms with Gasteiger partial charge in [0.05, 0.1) is 23.9 Å². The molecule has 1 N–H and O–H groups in total. The molecule has 2 aromatic heterocycles. The van der Waals surface area contributed by atoms with E-state index in [0.717, 1.165) is 50.6 Å². The van der Waals surface area contributed by atoms with Crippen LogP contribution in [0.2, 0.25) is 0 Å². The van der Waals surface area contributed by atoms with E-state index < -0.39 is 0 Å². The van der Waals surface area contributed by atoms with Gasteiger partial charge in [0.2, 0.25) is 0 Å². The van der Waals surface area contributed by atoms with Crippen molar-refractivity contribution < 1.29 is 4.74 Å². The van der Waals surface area contributed by atoms with Crippen LogP contribution >= 0.6 is 0 Å². The second kappa shape index (κ2) is 6.25. The lowest BCUT2D eigenvalue weighted by Crippen LogP contribution is -2.30. The van der Waals surface area contributed by atoms with Crippen molar-refractivity contribution in [3.05, 3.63) is 24.2 Å². The van der Waals surface area contributed by atoms with Crippen LogP contribution in [-0.4, -0.2) is 38.1 Å². The molecule has 4 heterocycles. The predicted octanol–water partition coefficient (Wildman–Crippen LogP) is 2.90. The highest BCUT2D eigenvalue weighted by molar-refractivity contribution is 5.50. The first kappa shape index (κ1) is 15.6. The van der Waals surface area contributed by atoms with Gasteiger partial charge in [0, 0.05) is 25.5 Å². The molecule has 1 saturated heterocycles. The molecule has 1 unspecified atom stereocenters. The first-order chi connectivity index (χ1) is 12.3. The summed E-state index contributed by atoms with van der Waals surface area (Å²) in [6.45, 7) is 3.75. The van der Waals surface area contributed by atoms with Crippen molar-refractivity contribution in [2.75, 3.05) is 13.2 Å². The van der Waals surface area contributed by atoms with E-state index in [2.05, 4.69) is 31.8 Å². The highest BCUT2D eigenvalue weighted by Gasteiger charge is 2.42. The molecule has 134 valence electrons. The van der Waals surface area contributed by atoms with Crippen molar-refractivity contribution in [2.45, 2.75) is 69.7 Å². The van der Waals surface area contributed by atoms with Crippen molar-refractivity contribution in [1.29, 1.82) is 0 Å². The van der Waals surface area contributed by atoms with Crippen LogP contribution in [0.15, 0.2) is 18.5 Å². The first-order valence-electron chi connectivity index (χ1n) is 9.78. The Bertz CT molecular complexity index is 719. The fourth-order valence-electron chi connectivity index (χ4n) is 4.82. The molecule has 5 rings (SSSR count). The van der Waals surface area contributed by atoms with Gasteiger partial charge in [0.25, 0.3) is 0 Å². The minimum absolute atomic E-state index is 0.125. The predicted molar refractivity (Wildman–Crippen MR) is 95.2 cm³/mol. The van der Waals surface area contributed by atoms with Crippen molar-refractivity contribution in [3.63, 3.8) is 0 Å². The molecular formula is C19H27N5O. The summed E-state index contributed by atoms with van der Waals surface area (Å²) in [6, 6.07) is 2.58. The normalized spacial score (nSPS) is 25.8. The minimum Gasteiger partial charge on any atom is -0.373 e. The summed E-state index contributed by atoms with van der Waals surface area (Å²) in [5.74, 6) is 0.988. The fraction of sp³-hybridized carbons (Fsp3) is 0.684. The molecule has 1 aliphatic carbocycles. The van der Waals surface area contributed by atoms with Crippen LogP contribution in [-0.2, 0) is 17.8 Å². The smallest absolute Gasteiger partial charge is 0.160 e. The van der Waals surface area contributed by atoms with E-state index in [1.165, 1.54) is 37.8 Å². The lowest BCUT2D eigenvalue weighted by molar-refractivity contribution is -0.0247. The van der Waals surface area contributed by atoms with E-state index in [9.17, 15) is 0 Å². The standard InChI is InChI=1S/C19H27N5O/c1-2-5-19(6-3-1)12-16(14-25-19)23-10-8-21-18(23)17-11-15-13-20-7-4-9-24(15)22-17/h8,10-11,16,20H,1-7,9,12-14H2. The van der Waals surface area contributed by atoms with E-state index >= 15 is 0 Å². The maximum Gasteiger partial charge on any atom is 0.160 e. The van der Waals surface area contributed by atoms with Crippen molar-refractivity contribution in [1.82, 2.24) is 24.6 Å². The Morgan fingerprint density at radius 3 is 3.04 bits per heavy atom. The number of hydrogen-bond acceptors (Lipinski definition) is 4. The van der Waals surface area contributed by atoms with Gasteiger partial charge in [0.1, 0.15) is 5.69 Å². The molecule has 3 aliphatic rings. The highest BCUT2D eigenvalue weighted by Crippen LogP contribution is 2.44. The highest BCUT2D eigenvalue weighted by atomic mass is 16.5. The average Bonchev–Trinajstić information content (AvgIpc) is 3.32. The van der Waals surface area contributed by atoms with Crippen molar-refractivity contribution in [2.24, 2.45) is 0 Å². The summed E-state index contributed by atoms with van der Waals surface area (Å²) in [7, 11) is 0. The van der Waals surface area contributed by atoms with E-state index in [1.54, 1.807) is 0 Å². The van der Waals surface area contributed by atoms with Crippen LogP contribution in [0.5, 0.6) is 0 Å². The summed E-state index contributed by atoms with van der Waals surface area (Å²) in [4.78, 5) is 4.64. The molecule has 6 heteroatoms. The number of imidazole rings is 1. The number of aromatic nitrogens is 4. The maximum absolute atomic E-state index is 6.32. The third-order valence-electron chi connectivity index (χ3n) is 6.14. The third kappa shape index (κ3) is 2.81. The number of nitrogens with zero attached hydrogens (tertiary/aromatic N) is 4. The lowest BCUT2D eigenvalue weighted by Gasteiger charge is -2.32. The summed E-state index contributed by atoms with van der Waals surface area (Å²) in [5, 5.41) is 8.30. The number of ether oxygens (including phenoxy) is 1. The SMILES string of the molecule is c1cn(C2COC3(CCCCC3)C2)c(-c2cc3n(n2)CCCNC3)n1. The van der Waals surface area contributed by atoms with Crippen LogP contribution < -0.4 is 5.32 Å². The first-order valence-corrected chi connectivity index (χ1v) is 9.78. The molecule has 1 spiro atoms. The summed E-state index contributed by atoms with van der Waals surface area (Å²) >= 11 is 0. The minimum atomic E-state index is 0.125. The largest absolute Gasteiger partial charge is 0.373 e. The molecule has 2 fully saturated rings. The van der Waals surface area contributed by atoms with E-state index in [-0.39, 0.29) is 5.60 Å². The fourth-order valence-corrected chi connectivity index (χ4v) is 4.82. The number of aryl methyl sites for hydroxylation is 1. The van der Waals surface area contributed by atoms with Gasteiger partial charge >= 0.3 is 0 Å². The van der Waals surface area contributed by atoms with Crippen LogP contribution in [0.3, 0.4) is 0 Å². The molecule has 0 bridgehead atoms.